The Hall–Kier alpha value is -2.61. The van der Waals surface area contributed by atoms with Gasteiger partial charge in [-0.1, -0.05) is 45.2 Å². The molecule has 0 aliphatic carbocycles. The van der Waals surface area contributed by atoms with Crippen molar-refractivity contribution in [1.82, 2.24) is 0 Å². The van der Waals surface area contributed by atoms with Gasteiger partial charge in [-0.25, -0.2) is 4.79 Å². The van der Waals surface area contributed by atoms with Gasteiger partial charge in [0.25, 0.3) is 0 Å². The van der Waals surface area contributed by atoms with Crippen molar-refractivity contribution in [2.45, 2.75) is 19.8 Å². The van der Waals surface area contributed by atoms with E-state index in [1.165, 1.54) is 6.08 Å². The van der Waals surface area contributed by atoms with Gasteiger partial charge in [0.2, 0.25) is 0 Å². The van der Waals surface area contributed by atoms with Crippen LogP contribution < -0.4 is 5.11 Å². The second kappa shape index (κ2) is 21.7. The molecule has 5 heteroatoms. The Kier molecular flexibility index (Phi) is 24.4. The first kappa shape index (κ1) is 22.6. The highest BCUT2D eigenvalue weighted by Crippen LogP contribution is 1.89. The molecule has 0 aromatic heterocycles. The molecule has 0 saturated heterocycles. The molecular formula is C15H20NO4-. The second-order valence-corrected chi connectivity index (χ2v) is 2.98. The number of rotatable bonds is 6. The largest absolute Gasteiger partial charge is 0.545 e. The molecule has 0 fully saturated rings. The van der Waals surface area contributed by atoms with E-state index in [9.17, 15) is 14.7 Å². The molecule has 0 spiro atoms. The minimum atomic E-state index is -1.40. The van der Waals surface area contributed by atoms with Gasteiger partial charge < -0.3 is 14.6 Å². The van der Waals surface area contributed by atoms with Crippen molar-refractivity contribution >= 4 is 11.9 Å². The number of carboxylic acids is 1. The molecule has 5 nitrogen and oxygen atoms in total. The quantitative estimate of drug-likeness (QED) is 0.242. The lowest BCUT2D eigenvalue weighted by Gasteiger charge is -1.98. The van der Waals surface area contributed by atoms with Gasteiger partial charge in [0.15, 0.2) is 0 Å². The van der Waals surface area contributed by atoms with Crippen LogP contribution >= 0.6 is 0 Å². The molecule has 0 heterocycles. The lowest BCUT2D eigenvalue weighted by molar-refractivity contribution is -0.297. The molecule has 0 aromatic rings. The van der Waals surface area contributed by atoms with E-state index in [2.05, 4.69) is 24.5 Å². The summed E-state index contributed by atoms with van der Waals surface area (Å²) < 4.78 is 4.62. The van der Waals surface area contributed by atoms with Gasteiger partial charge in [-0.05, 0) is 12.5 Å². The van der Waals surface area contributed by atoms with Crippen molar-refractivity contribution in [3.8, 4) is 6.07 Å². The molecule has 0 N–H and O–H groups in total. The fourth-order valence-corrected chi connectivity index (χ4v) is 0.501. The normalized spacial score (nSPS) is 7.80. The Morgan fingerprint density at radius 2 is 1.75 bits per heavy atom. The fourth-order valence-electron chi connectivity index (χ4n) is 0.501. The van der Waals surface area contributed by atoms with Crippen LogP contribution in [0.3, 0.4) is 0 Å². The van der Waals surface area contributed by atoms with Crippen LogP contribution in [0.15, 0.2) is 50.1 Å². The Balaban J connectivity index is -0.000000297. The monoisotopic (exact) mass is 278 g/mol. The summed E-state index contributed by atoms with van der Waals surface area (Å²) in [6.07, 6.45) is 7.65. The van der Waals surface area contributed by atoms with Crippen molar-refractivity contribution < 1.29 is 19.4 Å². The molecule has 0 saturated carbocycles. The van der Waals surface area contributed by atoms with Crippen LogP contribution in [-0.2, 0) is 14.3 Å². The number of hydrogen-bond acceptors (Lipinski definition) is 5. The summed E-state index contributed by atoms with van der Waals surface area (Å²) in [7, 11) is 0. The second-order valence-electron chi connectivity index (χ2n) is 2.98. The third-order valence-electron chi connectivity index (χ3n) is 1.36. The third-order valence-corrected chi connectivity index (χ3v) is 1.36. The number of esters is 1. The highest BCUT2D eigenvalue weighted by molar-refractivity contribution is 5.89. The molecule has 0 bridgehead atoms. The molecule has 0 radical (unpaired) electrons. The lowest BCUT2D eigenvalue weighted by Crippen LogP contribution is -2.19. The highest BCUT2D eigenvalue weighted by atomic mass is 16.5. The third kappa shape index (κ3) is 36.1. The van der Waals surface area contributed by atoms with Gasteiger partial charge in [0, 0.05) is 12.2 Å². The predicted octanol–water partition coefficient (Wildman–Crippen LogP) is 1.69. The van der Waals surface area contributed by atoms with E-state index in [0.29, 0.717) is 12.7 Å². The summed E-state index contributed by atoms with van der Waals surface area (Å²) in [5.41, 5.74) is 0. The first-order chi connectivity index (χ1) is 9.49. The van der Waals surface area contributed by atoms with Gasteiger partial charge in [-0.15, -0.1) is 0 Å². The van der Waals surface area contributed by atoms with Crippen LogP contribution in [0.25, 0.3) is 0 Å². The smallest absolute Gasteiger partial charge is 0.330 e. The number of ether oxygens (including phenoxy) is 1. The zero-order chi connectivity index (χ0) is 16.2. The Bertz CT molecular complexity index is 359. The lowest BCUT2D eigenvalue weighted by atomic mass is 10.4. The zero-order valence-electron chi connectivity index (χ0n) is 11.7. The minimum Gasteiger partial charge on any atom is -0.545 e. The van der Waals surface area contributed by atoms with E-state index < -0.39 is 11.9 Å². The Morgan fingerprint density at radius 3 is 2.05 bits per heavy atom. The average molecular weight is 278 g/mol. The van der Waals surface area contributed by atoms with Gasteiger partial charge in [-0.2, -0.15) is 5.26 Å². The topological polar surface area (TPSA) is 90.2 Å². The van der Waals surface area contributed by atoms with Crippen LogP contribution in [0, 0.1) is 11.3 Å². The molecule has 0 unspecified atom stereocenters. The van der Waals surface area contributed by atoms with E-state index in [1.807, 2.05) is 6.92 Å². The van der Waals surface area contributed by atoms with E-state index in [0.717, 1.165) is 18.9 Å². The van der Waals surface area contributed by atoms with Crippen LogP contribution in [0.2, 0.25) is 0 Å². The zero-order valence-corrected chi connectivity index (χ0v) is 11.7. The summed E-state index contributed by atoms with van der Waals surface area (Å²) in [4.78, 5) is 20.5. The number of nitriles is 1. The summed E-state index contributed by atoms with van der Waals surface area (Å²) in [5, 5.41) is 17.3. The van der Waals surface area contributed by atoms with Crippen LogP contribution in [0.1, 0.15) is 19.8 Å². The average Bonchev–Trinajstić information content (AvgIpc) is 2.46. The van der Waals surface area contributed by atoms with Crippen molar-refractivity contribution in [2.24, 2.45) is 0 Å². The van der Waals surface area contributed by atoms with Gasteiger partial charge in [0.1, 0.15) is 0 Å². The van der Waals surface area contributed by atoms with Crippen LogP contribution in [0.4, 0.5) is 0 Å². The van der Waals surface area contributed by atoms with Gasteiger partial charge in [-0.3, -0.25) is 0 Å². The first-order valence-corrected chi connectivity index (χ1v) is 5.79. The Labute approximate surface area is 120 Å². The van der Waals surface area contributed by atoms with Crippen molar-refractivity contribution in [3.63, 3.8) is 0 Å². The maximum Gasteiger partial charge on any atom is 0.330 e. The SMILES string of the molecule is C=CC#N.C=CC=C.CCCCOC(=O)/C=C\C(=O)[O-]. The maximum absolute atomic E-state index is 10.6. The molecule has 0 amide bonds. The molecule has 0 aliphatic heterocycles. The van der Waals surface area contributed by atoms with Crippen LogP contribution in [-0.4, -0.2) is 18.5 Å². The van der Waals surface area contributed by atoms with Gasteiger partial charge >= 0.3 is 5.97 Å². The Morgan fingerprint density at radius 1 is 1.25 bits per heavy atom. The van der Waals surface area contributed by atoms with E-state index >= 15 is 0 Å². The summed E-state index contributed by atoms with van der Waals surface area (Å²) >= 11 is 0. The molecule has 0 atom stereocenters. The molecule has 110 valence electrons. The number of aliphatic carboxylic acids is 1. The number of allylic oxidation sites excluding steroid dienone is 3. The molecule has 0 rings (SSSR count). The first-order valence-electron chi connectivity index (χ1n) is 5.79. The number of carboxylic acid groups (broad SMARTS) is 1. The van der Waals surface area contributed by atoms with E-state index in [1.54, 1.807) is 18.2 Å². The molecule has 0 aliphatic rings. The number of hydrogen-bond donors (Lipinski definition) is 0. The van der Waals surface area contributed by atoms with Crippen molar-refractivity contribution in [1.29, 1.82) is 5.26 Å². The van der Waals surface area contributed by atoms with Crippen molar-refractivity contribution in [2.75, 3.05) is 6.61 Å². The van der Waals surface area contributed by atoms with Gasteiger partial charge in [0.05, 0.1) is 18.6 Å². The summed E-state index contributed by atoms with van der Waals surface area (Å²) in [6.45, 7) is 12.1. The maximum atomic E-state index is 10.6. The number of carbonyl (C=O) groups excluding carboxylic acids is 2. The number of nitrogens with zero attached hydrogens (tertiary/aromatic N) is 1. The standard InChI is InChI=1S/C8H12O4.C4H6.C3H3N/c1-2-3-6-12-8(11)5-4-7(9)10;1-3-4-2;1-2-3-4/h4-5H,2-3,6H2,1H3,(H,9,10);3-4H,1-2H2;2H,1H2/p-1/b5-4-;;. The van der Waals surface area contributed by atoms with Crippen molar-refractivity contribution in [3.05, 3.63) is 50.1 Å². The fraction of sp³-hybridized carbons (Fsp3) is 0.267. The summed E-state index contributed by atoms with van der Waals surface area (Å²) in [5.74, 6) is -2.05. The van der Waals surface area contributed by atoms with E-state index in [-0.39, 0.29) is 0 Å². The number of unbranched alkanes of at least 4 members (excludes halogenated alkanes) is 1. The van der Waals surface area contributed by atoms with E-state index in [4.69, 9.17) is 5.26 Å². The summed E-state index contributed by atoms with van der Waals surface area (Å²) in [6, 6.07) is 1.69. The predicted molar refractivity (Wildman–Crippen MR) is 76.2 cm³/mol. The molecule has 20 heavy (non-hydrogen) atoms. The molecule has 0 aromatic carbocycles. The minimum absolute atomic E-state index is 0.326. The number of carbonyl (C=O) groups is 2. The molecular weight excluding hydrogens is 258 g/mol. The van der Waals surface area contributed by atoms with Crippen LogP contribution in [0.5, 0.6) is 0 Å². The highest BCUT2D eigenvalue weighted by Gasteiger charge is 1.94.